The zero-order valence-electron chi connectivity index (χ0n) is 9.73. The third-order valence-corrected chi connectivity index (χ3v) is 4.15. The number of aliphatic hydroxyl groups excluding tert-OH is 1. The van der Waals surface area contributed by atoms with Crippen LogP contribution in [0, 0.1) is 5.92 Å². The van der Waals surface area contributed by atoms with E-state index in [9.17, 15) is 5.11 Å². The first-order chi connectivity index (χ1) is 7.84. The van der Waals surface area contributed by atoms with Crippen molar-refractivity contribution >= 4 is 0 Å². The standard InChI is InChI=1S/C15H20O/c16-15(12-8-9-12)14-7-3-6-13(10-14)11-4-1-2-5-11/h3,6-7,10-12,15-16H,1-2,4-5,8-9H2. The van der Waals surface area contributed by atoms with Crippen molar-refractivity contribution in [3.8, 4) is 0 Å². The minimum absolute atomic E-state index is 0.207. The highest BCUT2D eigenvalue weighted by Crippen LogP contribution is 2.42. The molecule has 3 rings (SSSR count). The smallest absolute Gasteiger partial charge is 0.0818 e. The summed E-state index contributed by atoms with van der Waals surface area (Å²) in [5.41, 5.74) is 2.60. The van der Waals surface area contributed by atoms with Crippen LogP contribution in [-0.4, -0.2) is 5.11 Å². The normalized spacial score (nSPS) is 23.6. The third-order valence-electron chi connectivity index (χ3n) is 4.15. The van der Waals surface area contributed by atoms with Gasteiger partial charge in [0.15, 0.2) is 0 Å². The van der Waals surface area contributed by atoms with Crippen LogP contribution in [0.25, 0.3) is 0 Å². The van der Waals surface area contributed by atoms with Crippen molar-refractivity contribution in [3.63, 3.8) is 0 Å². The van der Waals surface area contributed by atoms with Gasteiger partial charge in [-0.15, -0.1) is 0 Å². The summed E-state index contributed by atoms with van der Waals surface area (Å²) in [5, 5.41) is 10.1. The Hall–Kier alpha value is -0.820. The maximum absolute atomic E-state index is 10.1. The van der Waals surface area contributed by atoms with Crippen LogP contribution in [0.5, 0.6) is 0 Å². The molecule has 1 aromatic carbocycles. The van der Waals surface area contributed by atoms with Crippen molar-refractivity contribution in [1.29, 1.82) is 0 Å². The zero-order chi connectivity index (χ0) is 11.0. The zero-order valence-corrected chi connectivity index (χ0v) is 9.73. The molecule has 0 heterocycles. The van der Waals surface area contributed by atoms with E-state index in [1.807, 2.05) is 0 Å². The molecule has 0 spiro atoms. The Labute approximate surface area is 97.5 Å². The molecule has 0 aromatic heterocycles. The number of hydrogen-bond acceptors (Lipinski definition) is 1. The van der Waals surface area contributed by atoms with Crippen molar-refractivity contribution in [3.05, 3.63) is 35.4 Å². The monoisotopic (exact) mass is 216 g/mol. The summed E-state index contributed by atoms with van der Waals surface area (Å²) in [6.07, 6.45) is 7.62. The molecule has 1 unspecified atom stereocenters. The van der Waals surface area contributed by atoms with E-state index in [-0.39, 0.29) is 6.10 Å². The fraction of sp³-hybridized carbons (Fsp3) is 0.600. The van der Waals surface area contributed by atoms with E-state index < -0.39 is 0 Å². The van der Waals surface area contributed by atoms with Gasteiger partial charge in [0.25, 0.3) is 0 Å². The van der Waals surface area contributed by atoms with Crippen LogP contribution in [0.3, 0.4) is 0 Å². The summed E-state index contributed by atoms with van der Waals surface area (Å²) < 4.78 is 0. The van der Waals surface area contributed by atoms with Gasteiger partial charge in [0.1, 0.15) is 0 Å². The highest BCUT2D eigenvalue weighted by atomic mass is 16.3. The molecule has 1 nitrogen and oxygen atoms in total. The Bertz CT molecular complexity index is 344. The summed E-state index contributed by atoms with van der Waals surface area (Å²) in [4.78, 5) is 0. The van der Waals surface area contributed by atoms with Crippen LogP contribution < -0.4 is 0 Å². The van der Waals surface area contributed by atoms with Gasteiger partial charge in [-0.3, -0.25) is 0 Å². The molecular formula is C15H20O. The van der Waals surface area contributed by atoms with E-state index in [2.05, 4.69) is 24.3 Å². The van der Waals surface area contributed by atoms with Crippen LogP contribution in [0.2, 0.25) is 0 Å². The maximum atomic E-state index is 10.1. The molecule has 2 aliphatic rings. The molecule has 0 amide bonds. The van der Waals surface area contributed by atoms with Gasteiger partial charge in [0.2, 0.25) is 0 Å². The Balaban J connectivity index is 1.80. The van der Waals surface area contributed by atoms with Crippen molar-refractivity contribution in [2.75, 3.05) is 0 Å². The second kappa shape index (κ2) is 4.21. The lowest BCUT2D eigenvalue weighted by molar-refractivity contribution is 0.153. The highest BCUT2D eigenvalue weighted by molar-refractivity contribution is 5.29. The van der Waals surface area contributed by atoms with E-state index in [4.69, 9.17) is 0 Å². The molecule has 86 valence electrons. The summed E-state index contributed by atoms with van der Waals surface area (Å²) >= 11 is 0. The lowest BCUT2D eigenvalue weighted by atomic mass is 9.94. The van der Waals surface area contributed by atoms with Gasteiger partial charge in [-0.2, -0.15) is 0 Å². The maximum Gasteiger partial charge on any atom is 0.0818 e. The number of benzene rings is 1. The summed E-state index contributed by atoms with van der Waals surface area (Å²) in [7, 11) is 0. The first-order valence-corrected chi connectivity index (χ1v) is 6.62. The van der Waals surface area contributed by atoms with Gasteiger partial charge in [0.05, 0.1) is 6.10 Å². The second-order valence-electron chi connectivity index (χ2n) is 5.43. The molecule has 0 aliphatic heterocycles. The van der Waals surface area contributed by atoms with Gasteiger partial charge in [0, 0.05) is 0 Å². The predicted molar refractivity (Wildman–Crippen MR) is 65.3 cm³/mol. The summed E-state index contributed by atoms with van der Waals surface area (Å²) in [6, 6.07) is 8.69. The average molecular weight is 216 g/mol. The first kappa shape index (κ1) is 10.3. The topological polar surface area (TPSA) is 20.2 Å². The lowest BCUT2D eigenvalue weighted by Gasteiger charge is -2.14. The minimum Gasteiger partial charge on any atom is -0.388 e. The second-order valence-corrected chi connectivity index (χ2v) is 5.43. The molecule has 1 heteroatoms. The first-order valence-electron chi connectivity index (χ1n) is 6.62. The molecule has 1 atom stereocenters. The number of aliphatic hydroxyl groups is 1. The Morgan fingerprint density at radius 1 is 1.06 bits per heavy atom. The highest BCUT2D eigenvalue weighted by Gasteiger charge is 2.31. The van der Waals surface area contributed by atoms with E-state index in [0.29, 0.717) is 5.92 Å². The van der Waals surface area contributed by atoms with Crippen molar-refractivity contribution in [2.24, 2.45) is 5.92 Å². The van der Waals surface area contributed by atoms with Crippen molar-refractivity contribution in [2.45, 2.75) is 50.5 Å². The van der Waals surface area contributed by atoms with Gasteiger partial charge in [-0.1, -0.05) is 37.1 Å². The molecule has 1 N–H and O–H groups in total. The number of hydrogen-bond donors (Lipinski definition) is 1. The molecule has 1 aromatic rings. The van der Waals surface area contributed by atoms with Gasteiger partial charge in [-0.25, -0.2) is 0 Å². The van der Waals surface area contributed by atoms with Crippen LogP contribution in [0.4, 0.5) is 0 Å². The fourth-order valence-electron chi connectivity index (χ4n) is 2.94. The number of rotatable bonds is 3. The average Bonchev–Trinajstić information content (AvgIpc) is 3.03. The van der Waals surface area contributed by atoms with E-state index >= 15 is 0 Å². The Morgan fingerprint density at radius 3 is 2.50 bits per heavy atom. The molecule has 2 saturated carbocycles. The molecule has 2 aliphatic carbocycles. The third kappa shape index (κ3) is 2.01. The van der Waals surface area contributed by atoms with Crippen LogP contribution >= 0.6 is 0 Å². The fourth-order valence-corrected chi connectivity index (χ4v) is 2.94. The molecule has 0 bridgehead atoms. The Kier molecular flexibility index (Phi) is 2.72. The van der Waals surface area contributed by atoms with E-state index in [0.717, 1.165) is 11.5 Å². The Morgan fingerprint density at radius 2 is 1.81 bits per heavy atom. The largest absolute Gasteiger partial charge is 0.388 e. The van der Waals surface area contributed by atoms with Gasteiger partial charge in [-0.05, 0) is 48.6 Å². The quantitative estimate of drug-likeness (QED) is 0.815. The summed E-state index contributed by atoms with van der Waals surface area (Å²) in [5.74, 6) is 1.30. The molecule has 2 fully saturated rings. The van der Waals surface area contributed by atoms with Gasteiger partial charge >= 0.3 is 0 Å². The van der Waals surface area contributed by atoms with E-state index in [1.54, 1.807) is 0 Å². The molecule has 0 saturated heterocycles. The van der Waals surface area contributed by atoms with E-state index in [1.165, 1.54) is 44.1 Å². The van der Waals surface area contributed by atoms with Crippen LogP contribution in [0.15, 0.2) is 24.3 Å². The van der Waals surface area contributed by atoms with Crippen molar-refractivity contribution < 1.29 is 5.11 Å². The summed E-state index contributed by atoms with van der Waals surface area (Å²) in [6.45, 7) is 0. The molecule has 0 radical (unpaired) electrons. The van der Waals surface area contributed by atoms with Crippen molar-refractivity contribution in [1.82, 2.24) is 0 Å². The minimum atomic E-state index is -0.207. The molecular weight excluding hydrogens is 196 g/mol. The van der Waals surface area contributed by atoms with Crippen LogP contribution in [0.1, 0.15) is 61.7 Å². The van der Waals surface area contributed by atoms with Crippen LogP contribution in [-0.2, 0) is 0 Å². The lowest BCUT2D eigenvalue weighted by Crippen LogP contribution is -2.01. The molecule has 16 heavy (non-hydrogen) atoms. The van der Waals surface area contributed by atoms with Gasteiger partial charge < -0.3 is 5.11 Å². The SMILES string of the molecule is OC(c1cccc(C2CCCC2)c1)C1CC1. The predicted octanol–water partition coefficient (Wildman–Crippen LogP) is 3.79.